The predicted octanol–water partition coefficient (Wildman–Crippen LogP) is 1.79. The number of hydrogen-bond donors (Lipinski definition) is 2. The summed E-state index contributed by atoms with van der Waals surface area (Å²) in [6.07, 6.45) is 1.77. The first-order chi connectivity index (χ1) is 9.10. The molecule has 3 fully saturated rings. The van der Waals surface area contributed by atoms with E-state index in [0.717, 1.165) is 25.9 Å². The lowest BCUT2D eigenvalue weighted by molar-refractivity contribution is -0.149. The van der Waals surface area contributed by atoms with Crippen LogP contribution in [0.15, 0.2) is 24.3 Å². The molecule has 0 saturated carbocycles. The van der Waals surface area contributed by atoms with Crippen LogP contribution >= 0.6 is 0 Å². The van der Waals surface area contributed by atoms with Gasteiger partial charge in [-0.2, -0.15) is 0 Å². The Morgan fingerprint density at radius 3 is 2.68 bits per heavy atom. The van der Waals surface area contributed by atoms with Gasteiger partial charge in [0.2, 0.25) is 0 Å². The number of anilines is 1. The molecule has 0 radical (unpaired) electrons. The smallest absolute Gasteiger partial charge is 0.330 e. The van der Waals surface area contributed by atoms with E-state index in [-0.39, 0.29) is 11.7 Å². The van der Waals surface area contributed by atoms with Crippen LogP contribution in [0.1, 0.15) is 12.8 Å². The molecule has 2 N–H and O–H groups in total. The van der Waals surface area contributed by atoms with Crippen molar-refractivity contribution in [3.8, 4) is 0 Å². The molecule has 1 atom stereocenters. The maximum atomic E-state index is 13.2. The number of rotatable bonds is 3. The van der Waals surface area contributed by atoms with Gasteiger partial charge < -0.3 is 15.3 Å². The maximum Gasteiger partial charge on any atom is 0.330 e. The standard InChI is InChI=1S/C14H17FN2O2/c15-11-2-1-3-12(8-11)16-14(13(18)19)9-17-6-4-10(14)5-7-17/h1-3,8,10,16H,4-7,9H2,(H,18,19). The second-order valence-corrected chi connectivity index (χ2v) is 5.46. The molecule has 3 aliphatic heterocycles. The SMILES string of the molecule is O=C(O)C1(Nc2cccc(F)c2)CN2CCC1CC2. The van der Waals surface area contributed by atoms with Gasteiger partial charge in [-0.15, -0.1) is 0 Å². The first-order valence-electron chi connectivity index (χ1n) is 6.60. The van der Waals surface area contributed by atoms with E-state index in [4.69, 9.17) is 0 Å². The van der Waals surface area contributed by atoms with E-state index in [1.165, 1.54) is 12.1 Å². The van der Waals surface area contributed by atoms with Crippen LogP contribution in [0.4, 0.5) is 10.1 Å². The van der Waals surface area contributed by atoms with Gasteiger partial charge in [0.25, 0.3) is 0 Å². The molecule has 1 unspecified atom stereocenters. The molecule has 102 valence electrons. The summed E-state index contributed by atoms with van der Waals surface area (Å²) in [5, 5.41) is 12.7. The lowest BCUT2D eigenvalue weighted by atomic mass is 9.72. The molecule has 5 heteroatoms. The topological polar surface area (TPSA) is 52.6 Å². The highest BCUT2D eigenvalue weighted by Crippen LogP contribution is 2.38. The lowest BCUT2D eigenvalue weighted by Gasteiger charge is -2.51. The summed E-state index contributed by atoms with van der Waals surface area (Å²) in [6, 6.07) is 6.01. The van der Waals surface area contributed by atoms with Crippen LogP contribution in [0.3, 0.4) is 0 Å². The molecular formula is C14H17FN2O2. The lowest BCUT2D eigenvalue weighted by Crippen LogP contribution is -2.66. The fraction of sp³-hybridized carbons (Fsp3) is 0.500. The Bertz CT molecular complexity index is 500. The van der Waals surface area contributed by atoms with Gasteiger partial charge in [0.1, 0.15) is 5.82 Å². The van der Waals surface area contributed by atoms with Crippen molar-refractivity contribution in [1.82, 2.24) is 4.90 Å². The van der Waals surface area contributed by atoms with Crippen molar-refractivity contribution >= 4 is 11.7 Å². The zero-order chi connectivity index (χ0) is 13.5. The van der Waals surface area contributed by atoms with Crippen molar-refractivity contribution in [2.75, 3.05) is 25.0 Å². The Labute approximate surface area is 111 Å². The summed E-state index contributed by atoms with van der Waals surface area (Å²) in [6.45, 7) is 2.42. The highest BCUT2D eigenvalue weighted by molar-refractivity contribution is 5.84. The van der Waals surface area contributed by atoms with Crippen molar-refractivity contribution in [3.63, 3.8) is 0 Å². The Hall–Kier alpha value is -1.62. The van der Waals surface area contributed by atoms with Crippen LogP contribution in [0.25, 0.3) is 0 Å². The Balaban J connectivity index is 1.91. The van der Waals surface area contributed by atoms with Gasteiger partial charge in [0.05, 0.1) is 0 Å². The molecule has 3 saturated heterocycles. The summed E-state index contributed by atoms with van der Waals surface area (Å²) in [5.74, 6) is -1.09. The van der Waals surface area contributed by atoms with E-state index in [9.17, 15) is 14.3 Å². The molecule has 2 bridgehead atoms. The van der Waals surface area contributed by atoms with Gasteiger partial charge in [-0.05, 0) is 50.0 Å². The molecule has 0 aromatic heterocycles. The molecule has 4 nitrogen and oxygen atoms in total. The van der Waals surface area contributed by atoms with Crippen molar-refractivity contribution in [2.45, 2.75) is 18.4 Å². The third kappa shape index (κ3) is 2.08. The first-order valence-corrected chi connectivity index (χ1v) is 6.60. The van der Waals surface area contributed by atoms with Crippen molar-refractivity contribution < 1.29 is 14.3 Å². The molecular weight excluding hydrogens is 247 g/mol. The van der Waals surface area contributed by atoms with Gasteiger partial charge >= 0.3 is 5.97 Å². The quantitative estimate of drug-likeness (QED) is 0.874. The first kappa shape index (κ1) is 12.4. The van der Waals surface area contributed by atoms with E-state index >= 15 is 0 Å². The van der Waals surface area contributed by atoms with Crippen LogP contribution in [-0.2, 0) is 4.79 Å². The Morgan fingerprint density at radius 1 is 1.42 bits per heavy atom. The number of carboxylic acids is 1. The van der Waals surface area contributed by atoms with Crippen LogP contribution in [0.5, 0.6) is 0 Å². The van der Waals surface area contributed by atoms with E-state index < -0.39 is 11.5 Å². The average molecular weight is 264 g/mol. The monoisotopic (exact) mass is 264 g/mol. The number of piperidine rings is 3. The summed E-state index contributed by atoms with van der Waals surface area (Å²) >= 11 is 0. The number of nitrogens with zero attached hydrogens (tertiary/aromatic N) is 1. The summed E-state index contributed by atoms with van der Waals surface area (Å²) in [4.78, 5) is 13.9. The Kier molecular flexibility index (Phi) is 2.93. The third-order valence-electron chi connectivity index (χ3n) is 4.33. The number of halogens is 1. The van der Waals surface area contributed by atoms with Crippen LogP contribution in [0, 0.1) is 11.7 Å². The molecule has 1 aromatic carbocycles. The summed E-state index contributed by atoms with van der Waals surface area (Å²) in [5.41, 5.74) is -0.444. The maximum absolute atomic E-state index is 13.2. The average Bonchev–Trinajstić information content (AvgIpc) is 2.40. The van der Waals surface area contributed by atoms with Crippen molar-refractivity contribution in [3.05, 3.63) is 30.1 Å². The highest BCUT2D eigenvalue weighted by atomic mass is 19.1. The largest absolute Gasteiger partial charge is 0.479 e. The van der Waals surface area contributed by atoms with Crippen LogP contribution in [0.2, 0.25) is 0 Å². The minimum atomic E-state index is -0.982. The van der Waals surface area contributed by atoms with E-state index in [0.29, 0.717) is 12.2 Å². The summed E-state index contributed by atoms with van der Waals surface area (Å²) < 4.78 is 13.2. The van der Waals surface area contributed by atoms with Crippen LogP contribution in [-0.4, -0.2) is 41.1 Å². The zero-order valence-electron chi connectivity index (χ0n) is 10.6. The van der Waals surface area contributed by atoms with E-state index in [2.05, 4.69) is 10.2 Å². The van der Waals surface area contributed by atoms with Gasteiger partial charge in [0.15, 0.2) is 5.54 Å². The van der Waals surface area contributed by atoms with Gasteiger partial charge in [0, 0.05) is 12.2 Å². The molecule has 4 rings (SSSR count). The van der Waals surface area contributed by atoms with E-state index in [1.807, 2.05) is 0 Å². The molecule has 0 aliphatic carbocycles. The number of carboxylic acid groups (broad SMARTS) is 1. The molecule has 3 heterocycles. The zero-order valence-corrected chi connectivity index (χ0v) is 10.6. The number of carbonyl (C=O) groups is 1. The molecule has 0 amide bonds. The number of nitrogens with one attached hydrogen (secondary N) is 1. The third-order valence-corrected chi connectivity index (χ3v) is 4.33. The highest BCUT2D eigenvalue weighted by Gasteiger charge is 2.52. The molecule has 1 aromatic rings. The van der Waals surface area contributed by atoms with Gasteiger partial charge in [-0.3, -0.25) is 0 Å². The Morgan fingerprint density at radius 2 is 2.16 bits per heavy atom. The van der Waals surface area contributed by atoms with Crippen molar-refractivity contribution in [1.29, 1.82) is 0 Å². The number of benzene rings is 1. The molecule has 0 spiro atoms. The van der Waals surface area contributed by atoms with Gasteiger partial charge in [-0.1, -0.05) is 6.07 Å². The number of hydrogen-bond acceptors (Lipinski definition) is 3. The number of aliphatic carboxylic acids is 1. The van der Waals surface area contributed by atoms with Crippen LogP contribution < -0.4 is 5.32 Å². The summed E-state index contributed by atoms with van der Waals surface area (Å²) in [7, 11) is 0. The fourth-order valence-electron chi connectivity index (χ4n) is 3.33. The minimum Gasteiger partial charge on any atom is -0.479 e. The van der Waals surface area contributed by atoms with Crippen molar-refractivity contribution in [2.24, 2.45) is 5.92 Å². The number of fused-ring (bicyclic) bond motifs is 3. The molecule has 19 heavy (non-hydrogen) atoms. The normalized spacial score (nSPS) is 33.1. The van der Waals surface area contributed by atoms with E-state index in [1.54, 1.807) is 12.1 Å². The molecule has 3 aliphatic rings. The predicted molar refractivity (Wildman–Crippen MR) is 69.6 cm³/mol. The second kappa shape index (κ2) is 4.49. The second-order valence-electron chi connectivity index (χ2n) is 5.46. The minimum absolute atomic E-state index is 0.110. The fourth-order valence-corrected chi connectivity index (χ4v) is 3.33. The van der Waals surface area contributed by atoms with Gasteiger partial charge in [-0.25, -0.2) is 9.18 Å².